The van der Waals surface area contributed by atoms with Crippen LogP contribution >= 0.6 is 0 Å². The minimum atomic E-state index is -0.496. The number of hydrogen-bond acceptors (Lipinski definition) is 4. The smallest absolute Gasteiger partial charge is 0.275 e. The van der Waals surface area contributed by atoms with E-state index in [0.717, 1.165) is 42.6 Å². The topological polar surface area (TPSA) is 64.9 Å². The molecule has 1 aliphatic heterocycles. The van der Waals surface area contributed by atoms with Crippen LogP contribution in [0, 0.1) is 6.92 Å². The van der Waals surface area contributed by atoms with Gasteiger partial charge in [0.1, 0.15) is 11.3 Å². The van der Waals surface area contributed by atoms with Crippen LogP contribution in [0.1, 0.15) is 41.7 Å². The van der Waals surface area contributed by atoms with Crippen molar-refractivity contribution >= 4 is 17.2 Å². The maximum atomic E-state index is 12.6. The van der Waals surface area contributed by atoms with E-state index in [1.165, 1.54) is 0 Å². The van der Waals surface area contributed by atoms with Gasteiger partial charge in [-0.15, -0.1) is 0 Å². The predicted molar refractivity (Wildman–Crippen MR) is 96.8 cm³/mol. The second-order valence-electron chi connectivity index (χ2n) is 7.03. The molecule has 1 aliphatic carbocycles. The molecule has 1 N–H and O–H groups in total. The first-order valence-electron chi connectivity index (χ1n) is 8.89. The fraction of sp³-hybridized carbons (Fsp3) is 0.300. The lowest BCUT2D eigenvalue weighted by Crippen LogP contribution is -2.34. The molecule has 26 heavy (non-hydrogen) atoms. The van der Waals surface area contributed by atoms with E-state index < -0.39 is 5.79 Å². The zero-order valence-corrected chi connectivity index (χ0v) is 14.5. The van der Waals surface area contributed by atoms with Gasteiger partial charge in [-0.3, -0.25) is 4.79 Å². The van der Waals surface area contributed by atoms with Crippen molar-refractivity contribution in [2.75, 3.05) is 5.32 Å². The van der Waals surface area contributed by atoms with Gasteiger partial charge in [-0.05, 0) is 49.6 Å². The molecule has 6 heteroatoms. The maximum absolute atomic E-state index is 12.6. The summed E-state index contributed by atoms with van der Waals surface area (Å²) in [5, 5.41) is 2.89. The monoisotopic (exact) mass is 349 g/mol. The van der Waals surface area contributed by atoms with Gasteiger partial charge in [-0.25, -0.2) is 4.98 Å². The van der Waals surface area contributed by atoms with Gasteiger partial charge in [0.05, 0.1) is 0 Å². The van der Waals surface area contributed by atoms with Gasteiger partial charge >= 0.3 is 0 Å². The summed E-state index contributed by atoms with van der Waals surface area (Å²) in [6, 6.07) is 9.42. The molecule has 0 saturated heterocycles. The Balaban J connectivity index is 1.37. The summed E-state index contributed by atoms with van der Waals surface area (Å²) in [6.45, 7) is 2.00. The summed E-state index contributed by atoms with van der Waals surface area (Å²) in [6.07, 6.45) is 7.67. The minimum Gasteiger partial charge on any atom is -0.448 e. The third-order valence-corrected chi connectivity index (χ3v) is 5.01. The molecule has 0 bridgehead atoms. The first kappa shape index (κ1) is 15.3. The Hall–Kier alpha value is -3.02. The third-order valence-electron chi connectivity index (χ3n) is 5.01. The number of carbonyl (C=O) groups excluding carboxylic acids is 1. The van der Waals surface area contributed by atoms with Gasteiger partial charge < -0.3 is 19.2 Å². The summed E-state index contributed by atoms with van der Waals surface area (Å²) in [7, 11) is 0. The highest BCUT2D eigenvalue weighted by Crippen LogP contribution is 2.47. The molecule has 1 saturated carbocycles. The minimum absolute atomic E-state index is 0.249. The van der Waals surface area contributed by atoms with Crippen LogP contribution in [-0.4, -0.2) is 21.1 Å². The number of aryl methyl sites for hydroxylation is 1. The van der Waals surface area contributed by atoms with Crippen LogP contribution in [-0.2, 0) is 0 Å². The number of pyridine rings is 1. The van der Waals surface area contributed by atoms with E-state index in [9.17, 15) is 4.79 Å². The average Bonchev–Trinajstić information content (AvgIpc) is 3.32. The molecule has 1 fully saturated rings. The van der Waals surface area contributed by atoms with Gasteiger partial charge in [0.15, 0.2) is 11.5 Å². The summed E-state index contributed by atoms with van der Waals surface area (Å²) in [5.74, 6) is 0.689. The lowest BCUT2D eigenvalue weighted by Gasteiger charge is -2.21. The van der Waals surface area contributed by atoms with Crippen molar-refractivity contribution in [3.8, 4) is 11.5 Å². The number of ether oxygens (including phenoxy) is 2. The highest BCUT2D eigenvalue weighted by Gasteiger charge is 2.44. The van der Waals surface area contributed by atoms with Crippen molar-refractivity contribution in [1.29, 1.82) is 0 Å². The normalized spacial score (nSPS) is 17.1. The maximum Gasteiger partial charge on any atom is 0.275 e. The number of carbonyl (C=O) groups is 1. The zero-order valence-electron chi connectivity index (χ0n) is 14.5. The van der Waals surface area contributed by atoms with Crippen LogP contribution in [0.15, 0.2) is 42.7 Å². The van der Waals surface area contributed by atoms with Gasteiger partial charge in [0, 0.05) is 37.0 Å². The second kappa shape index (κ2) is 5.49. The number of aromatic nitrogens is 2. The summed E-state index contributed by atoms with van der Waals surface area (Å²) >= 11 is 0. The lowest BCUT2D eigenvalue weighted by molar-refractivity contribution is -0.0716. The Kier molecular flexibility index (Phi) is 3.22. The average molecular weight is 349 g/mol. The molecule has 3 aromatic rings. The van der Waals surface area contributed by atoms with Crippen LogP contribution < -0.4 is 14.8 Å². The largest absolute Gasteiger partial charge is 0.448 e. The summed E-state index contributed by atoms with van der Waals surface area (Å²) in [5.41, 5.74) is 2.90. The number of imidazole rings is 1. The number of benzene rings is 1. The van der Waals surface area contributed by atoms with Crippen LogP contribution in [0.4, 0.5) is 5.69 Å². The van der Waals surface area contributed by atoms with E-state index in [4.69, 9.17) is 9.47 Å². The number of nitrogens with one attached hydrogen (secondary N) is 1. The fourth-order valence-electron chi connectivity index (χ4n) is 3.68. The van der Waals surface area contributed by atoms with Crippen molar-refractivity contribution in [2.24, 2.45) is 0 Å². The molecule has 2 aromatic heterocycles. The highest BCUT2D eigenvalue weighted by molar-refractivity contribution is 6.03. The van der Waals surface area contributed by atoms with Gasteiger partial charge in [-0.1, -0.05) is 0 Å². The van der Waals surface area contributed by atoms with E-state index in [1.54, 1.807) is 6.20 Å². The van der Waals surface area contributed by atoms with E-state index in [-0.39, 0.29) is 5.91 Å². The highest BCUT2D eigenvalue weighted by atomic mass is 16.7. The lowest BCUT2D eigenvalue weighted by atomic mass is 10.2. The molecule has 5 rings (SSSR count). The molecule has 2 aliphatic rings. The molecular weight excluding hydrogens is 330 g/mol. The number of nitrogens with zero attached hydrogens (tertiary/aromatic N) is 2. The zero-order chi connectivity index (χ0) is 17.7. The predicted octanol–water partition coefficient (Wildman–Crippen LogP) is 3.94. The Morgan fingerprint density at radius 3 is 2.81 bits per heavy atom. The summed E-state index contributed by atoms with van der Waals surface area (Å²) < 4.78 is 13.9. The molecule has 0 unspecified atom stereocenters. The molecule has 132 valence electrons. The van der Waals surface area contributed by atoms with Crippen molar-refractivity contribution < 1.29 is 14.3 Å². The van der Waals surface area contributed by atoms with Crippen molar-refractivity contribution in [1.82, 2.24) is 9.38 Å². The molecule has 1 amide bonds. The molecule has 1 aromatic carbocycles. The van der Waals surface area contributed by atoms with Crippen molar-refractivity contribution in [3.05, 3.63) is 54.0 Å². The Labute approximate surface area is 150 Å². The first-order valence-corrected chi connectivity index (χ1v) is 8.89. The number of fused-ring (bicyclic) bond motifs is 2. The summed E-state index contributed by atoms with van der Waals surface area (Å²) in [4.78, 5) is 17.0. The number of hydrogen-bond donors (Lipinski definition) is 1. The van der Waals surface area contributed by atoms with Crippen molar-refractivity contribution in [3.63, 3.8) is 0 Å². The van der Waals surface area contributed by atoms with Crippen LogP contribution in [0.5, 0.6) is 11.5 Å². The van der Waals surface area contributed by atoms with E-state index in [2.05, 4.69) is 10.3 Å². The van der Waals surface area contributed by atoms with Crippen LogP contribution in [0.2, 0.25) is 0 Å². The molecule has 6 nitrogen and oxygen atoms in total. The number of rotatable bonds is 2. The van der Waals surface area contributed by atoms with E-state index in [0.29, 0.717) is 17.1 Å². The number of amides is 1. The van der Waals surface area contributed by atoms with E-state index in [1.807, 2.05) is 47.9 Å². The fourth-order valence-corrected chi connectivity index (χ4v) is 3.68. The Bertz CT molecular complexity index is 1020. The van der Waals surface area contributed by atoms with Gasteiger partial charge in [-0.2, -0.15) is 0 Å². The standard InChI is InChI=1S/C20H19N3O3/c1-13-6-9-23-12-15(22-18(23)10-13)19(24)21-14-4-5-16-17(11-14)26-20(25-16)7-2-3-8-20/h4-6,9-12H,2-3,7-8H2,1H3,(H,21,24). The third kappa shape index (κ3) is 2.49. The molecular formula is C20H19N3O3. The Morgan fingerprint density at radius 2 is 1.96 bits per heavy atom. The molecule has 1 spiro atoms. The van der Waals surface area contributed by atoms with Crippen molar-refractivity contribution in [2.45, 2.75) is 38.4 Å². The number of anilines is 1. The quantitative estimate of drug-likeness (QED) is 0.761. The van der Waals surface area contributed by atoms with Crippen LogP contribution in [0.25, 0.3) is 5.65 Å². The Morgan fingerprint density at radius 1 is 1.15 bits per heavy atom. The van der Waals surface area contributed by atoms with Gasteiger partial charge in [0.2, 0.25) is 0 Å². The molecule has 0 atom stereocenters. The first-order chi connectivity index (χ1) is 12.6. The molecule has 0 radical (unpaired) electrons. The second-order valence-corrected chi connectivity index (χ2v) is 7.03. The van der Waals surface area contributed by atoms with Crippen LogP contribution in [0.3, 0.4) is 0 Å². The SMILES string of the molecule is Cc1ccn2cc(C(=O)Nc3ccc4c(c3)OC3(CCCC3)O4)nc2c1. The van der Waals surface area contributed by atoms with E-state index >= 15 is 0 Å². The molecule has 3 heterocycles. The van der Waals surface area contributed by atoms with Gasteiger partial charge in [0.25, 0.3) is 11.7 Å².